The van der Waals surface area contributed by atoms with Crippen molar-refractivity contribution in [3.05, 3.63) is 63.6 Å². The topological polar surface area (TPSA) is 133 Å². The minimum Gasteiger partial charge on any atom is -0.748 e. The molecule has 1 aliphatic heterocycles. The second kappa shape index (κ2) is 12.1. The predicted octanol–water partition coefficient (Wildman–Crippen LogP) is 4.19. The van der Waals surface area contributed by atoms with Crippen molar-refractivity contribution in [1.29, 1.82) is 0 Å². The van der Waals surface area contributed by atoms with E-state index in [1.807, 2.05) is 30.0 Å². The van der Waals surface area contributed by atoms with Crippen LogP contribution < -0.4 is 14.9 Å². The van der Waals surface area contributed by atoms with Gasteiger partial charge < -0.3 is 13.9 Å². The molecule has 39 heavy (non-hydrogen) atoms. The van der Waals surface area contributed by atoms with Gasteiger partial charge in [-0.1, -0.05) is 43.1 Å². The highest BCUT2D eigenvalue weighted by molar-refractivity contribution is 7.86. The third-order valence-corrected chi connectivity index (χ3v) is 8.77. The minimum atomic E-state index is -4.38. The molecule has 10 nitrogen and oxygen atoms in total. The molecular weight excluding hydrogens is 589 g/mol. The molecular formula is C25H29Cl2N3O7S2. The van der Waals surface area contributed by atoms with Gasteiger partial charge in [0.2, 0.25) is 5.58 Å². The van der Waals surface area contributed by atoms with Crippen LogP contribution in [0.1, 0.15) is 44.1 Å². The van der Waals surface area contributed by atoms with E-state index in [4.69, 9.17) is 31.9 Å². The predicted molar refractivity (Wildman–Crippen MR) is 149 cm³/mol. The third-order valence-electron chi connectivity index (χ3n) is 6.35. The fourth-order valence-electron chi connectivity index (χ4n) is 4.63. The molecule has 0 saturated carbocycles. The first kappa shape index (κ1) is 29.8. The molecule has 4 rings (SSSR count). The average Bonchev–Trinajstić information content (AvgIpc) is 3.31. The highest BCUT2D eigenvalue weighted by Gasteiger charge is 2.33. The SMILES string of the molecule is CCNOS(=O)(=O)CCCN1C(=Cc2oc3ccc(Cl)cc3[n+]2CCCS(=O)(=O)[O-])C(C)c2ccc(Cl)cc21. The number of rotatable bonds is 12. The van der Waals surface area contributed by atoms with E-state index in [-0.39, 0.29) is 31.1 Å². The van der Waals surface area contributed by atoms with Crippen molar-refractivity contribution in [3.8, 4) is 0 Å². The maximum Gasteiger partial charge on any atom is 0.375 e. The van der Waals surface area contributed by atoms with Crippen molar-refractivity contribution in [2.45, 2.75) is 39.2 Å². The summed E-state index contributed by atoms with van der Waals surface area (Å²) in [6, 6.07) is 10.7. The number of nitrogens with one attached hydrogen (secondary N) is 1. The summed E-state index contributed by atoms with van der Waals surface area (Å²) in [6.45, 7) is 4.68. The number of fused-ring (bicyclic) bond motifs is 2. The number of anilines is 1. The highest BCUT2D eigenvalue weighted by atomic mass is 35.5. The highest BCUT2D eigenvalue weighted by Crippen LogP contribution is 2.45. The van der Waals surface area contributed by atoms with E-state index in [2.05, 4.69) is 5.48 Å². The van der Waals surface area contributed by atoms with Crippen molar-refractivity contribution >= 4 is 66.3 Å². The molecule has 0 bridgehead atoms. The van der Waals surface area contributed by atoms with Crippen LogP contribution in [0.3, 0.4) is 0 Å². The van der Waals surface area contributed by atoms with Crippen molar-refractivity contribution in [2.75, 3.05) is 29.5 Å². The van der Waals surface area contributed by atoms with E-state index >= 15 is 0 Å². The van der Waals surface area contributed by atoms with Gasteiger partial charge >= 0.3 is 5.89 Å². The van der Waals surface area contributed by atoms with E-state index < -0.39 is 26.0 Å². The molecule has 0 fully saturated rings. The van der Waals surface area contributed by atoms with E-state index in [1.54, 1.807) is 35.8 Å². The van der Waals surface area contributed by atoms with Crippen molar-refractivity contribution in [1.82, 2.24) is 5.48 Å². The molecule has 0 saturated heterocycles. The summed E-state index contributed by atoms with van der Waals surface area (Å²) in [5, 5.41) is 1.02. The Morgan fingerprint density at radius 3 is 2.54 bits per heavy atom. The lowest BCUT2D eigenvalue weighted by atomic mass is 10.0. The molecule has 2 heterocycles. The van der Waals surface area contributed by atoms with Gasteiger partial charge in [-0.15, -0.1) is 0 Å². The number of allylic oxidation sites excluding steroid dienone is 1. The van der Waals surface area contributed by atoms with Crippen LogP contribution in [-0.2, 0) is 31.1 Å². The van der Waals surface area contributed by atoms with Gasteiger partial charge in [-0.05, 0) is 36.2 Å². The van der Waals surface area contributed by atoms with Crippen molar-refractivity contribution < 1.29 is 34.7 Å². The normalized spacial score (nSPS) is 16.9. The van der Waals surface area contributed by atoms with Crippen LogP contribution >= 0.6 is 23.2 Å². The summed E-state index contributed by atoms with van der Waals surface area (Å²) in [6.07, 6.45) is 2.22. The Kier molecular flexibility index (Phi) is 9.26. The fourth-order valence-corrected chi connectivity index (χ4v) is 6.31. The van der Waals surface area contributed by atoms with Gasteiger partial charge in [0.05, 0.1) is 21.9 Å². The van der Waals surface area contributed by atoms with Gasteiger partial charge in [-0.2, -0.15) is 22.7 Å². The molecule has 212 valence electrons. The van der Waals surface area contributed by atoms with Crippen LogP contribution in [0.2, 0.25) is 10.0 Å². The number of aromatic nitrogens is 1. The Balaban J connectivity index is 1.72. The molecule has 14 heteroatoms. The molecule has 1 aliphatic rings. The molecule has 3 aromatic rings. The zero-order valence-corrected chi connectivity index (χ0v) is 24.5. The summed E-state index contributed by atoms with van der Waals surface area (Å²) >= 11 is 12.5. The van der Waals surface area contributed by atoms with Crippen molar-refractivity contribution in [3.63, 3.8) is 0 Å². The van der Waals surface area contributed by atoms with Gasteiger partial charge in [0, 0.05) is 58.7 Å². The van der Waals surface area contributed by atoms with E-state index in [9.17, 15) is 21.4 Å². The summed E-state index contributed by atoms with van der Waals surface area (Å²) in [5.74, 6) is -0.358. The number of hydrogen-bond donors (Lipinski definition) is 1. The summed E-state index contributed by atoms with van der Waals surface area (Å²) < 4.78 is 70.8. The molecule has 1 aromatic heterocycles. The molecule has 1 atom stereocenters. The largest absolute Gasteiger partial charge is 0.748 e. The van der Waals surface area contributed by atoms with Crippen molar-refractivity contribution in [2.24, 2.45) is 0 Å². The Labute approximate surface area is 238 Å². The molecule has 0 radical (unpaired) electrons. The lowest BCUT2D eigenvalue weighted by Gasteiger charge is -2.22. The quantitative estimate of drug-likeness (QED) is 0.180. The second-order valence-electron chi connectivity index (χ2n) is 9.16. The monoisotopic (exact) mass is 617 g/mol. The van der Waals surface area contributed by atoms with Gasteiger partial charge in [0.1, 0.15) is 0 Å². The maximum atomic E-state index is 12.2. The fraction of sp³-hybridized carbons (Fsp3) is 0.400. The zero-order valence-electron chi connectivity index (χ0n) is 21.4. The lowest BCUT2D eigenvalue weighted by Crippen LogP contribution is -2.36. The van der Waals surface area contributed by atoms with Gasteiger partial charge in [0.25, 0.3) is 15.6 Å². The van der Waals surface area contributed by atoms with E-state index in [0.29, 0.717) is 40.1 Å². The van der Waals surface area contributed by atoms with Gasteiger partial charge in [-0.3, -0.25) is 0 Å². The Morgan fingerprint density at radius 1 is 1.10 bits per heavy atom. The number of benzene rings is 2. The smallest absolute Gasteiger partial charge is 0.375 e. The van der Waals surface area contributed by atoms with Crippen LogP contribution in [0.4, 0.5) is 5.69 Å². The molecule has 1 unspecified atom stereocenters. The first-order valence-corrected chi connectivity index (χ1v) is 16.3. The number of hydrogen-bond acceptors (Lipinski definition) is 9. The Hall–Kier alpha value is -2.19. The lowest BCUT2D eigenvalue weighted by molar-refractivity contribution is -0.677. The molecule has 0 amide bonds. The van der Waals surface area contributed by atoms with Gasteiger partial charge in [-0.25, -0.2) is 8.42 Å². The number of aryl methyl sites for hydroxylation is 1. The van der Waals surface area contributed by atoms with Crippen LogP contribution in [0.25, 0.3) is 17.2 Å². The van der Waals surface area contributed by atoms with E-state index in [1.165, 1.54) is 0 Å². The van der Waals surface area contributed by atoms with Crippen LogP contribution in [-0.4, -0.2) is 46.0 Å². The molecule has 0 aliphatic carbocycles. The first-order valence-electron chi connectivity index (χ1n) is 12.4. The number of oxazole rings is 1. The van der Waals surface area contributed by atoms with Crippen LogP contribution in [0.15, 0.2) is 46.5 Å². The second-order valence-corrected chi connectivity index (χ2v) is 13.2. The van der Waals surface area contributed by atoms with Crippen LogP contribution in [0.5, 0.6) is 0 Å². The number of nitrogens with zero attached hydrogens (tertiary/aromatic N) is 2. The zero-order chi connectivity index (χ0) is 28.4. The molecule has 1 N–H and O–H groups in total. The standard InChI is InChI=1S/C25H29Cl2N3O7S2/c1-3-28-37-39(34,35)13-5-10-29-21(17(2)20-8-6-18(26)14-22(20)29)16-25-30(11-4-12-38(31,32)33)23-15-19(27)7-9-24(23)36-25/h6-9,14-17,28H,3-5,10-13H2,1-2H3. The Morgan fingerprint density at radius 2 is 1.82 bits per heavy atom. The maximum absolute atomic E-state index is 12.2. The summed E-state index contributed by atoms with van der Waals surface area (Å²) in [5.41, 5.74) is 6.28. The number of halogens is 2. The minimum absolute atomic E-state index is 0.0841. The Bertz CT molecular complexity index is 1610. The molecule has 0 spiro atoms. The molecule has 2 aromatic carbocycles. The average molecular weight is 619 g/mol. The summed E-state index contributed by atoms with van der Waals surface area (Å²) in [7, 11) is -8.13. The third kappa shape index (κ3) is 7.31. The van der Waals surface area contributed by atoms with Crippen LogP contribution in [0, 0.1) is 0 Å². The number of hydroxylamine groups is 1. The summed E-state index contributed by atoms with van der Waals surface area (Å²) in [4.78, 5) is 2.00. The first-order chi connectivity index (χ1) is 18.4. The van der Waals surface area contributed by atoms with Gasteiger partial charge in [0.15, 0.2) is 6.54 Å². The van der Waals surface area contributed by atoms with E-state index in [0.717, 1.165) is 16.9 Å².